The van der Waals surface area contributed by atoms with Crippen molar-refractivity contribution in [2.75, 3.05) is 26.2 Å². The molecular weight excluding hydrogens is 320 g/mol. The molecule has 0 aliphatic carbocycles. The van der Waals surface area contributed by atoms with Crippen molar-refractivity contribution < 1.29 is 4.79 Å². The normalized spacial score (nSPS) is 15.3. The van der Waals surface area contributed by atoms with E-state index in [1.165, 1.54) is 6.21 Å². The quantitative estimate of drug-likeness (QED) is 0.781. The van der Waals surface area contributed by atoms with Crippen molar-refractivity contribution >= 4 is 23.7 Å². The van der Waals surface area contributed by atoms with Gasteiger partial charge in [0, 0.05) is 31.2 Å². The summed E-state index contributed by atoms with van der Waals surface area (Å²) in [5, 5.41) is 14.0. The zero-order valence-corrected chi connectivity index (χ0v) is 13.0. The molecule has 9 heteroatoms. The second kappa shape index (κ2) is 6.76. The molecular formula is C14H15ClN6O2. The Kier molecular flexibility index (Phi) is 4.54. The number of H-pyrrole nitrogens is 1. The van der Waals surface area contributed by atoms with Gasteiger partial charge >= 0.3 is 5.56 Å². The molecule has 1 aromatic heterocycles. The van der Waals surface area contributed by atoms with Crippen molar-refractivity contribution in [3.05, 3.63) is 50.9 Å². The van der Waals surface area contributed by atoms with E-state index < -0.39 is 5.56 Å². The molecule has 0 saturated carbocycles. The van der Waals surface area contributed by atoms with E-state index in [2.05, 4.69) is 20.7 Å². The van der Waals surface area contributed by atoms with Gasteiger partial charge in [0.05, 0.1) is 6.21 Å². The molecule has 1 aliphatic heterocycles. The molecule has 1 aliphatic rings. The fraction of sp³-hybridized carbons (Fsp3) is 0.286. The van der Waals surface area contributed by atoms with Crippen LogP contribution in [0.25, 0.3) is 0 Å². The predicted octanol–water partition coefficient (Wildman–Crippen LogP) is 0.152. The Hall–Kier alpha value is -2.45. The molecule has 2 N–H and O–H groups in total. The Labute approximate surface area is 136 Å². The summed E-state index contributed by atoms with van der Waals surface area (Å²) in [6.07, 6.45) is 1.48. The summed E-state index contributed by atoms with van der Waals surface area (Å²) in [4.78, 5) is 27.0. The van der Waals surface area contributed by atoms with E-state index in [9.17, 15) is 9.59 Å². The number of hydrogen-bond acceptors (Lipinski definition) is 5. The number of amides is 1. The van der Waals surface area contributed by atoms with Crippen LogP contribution < -0.4 is 10.9 Å². The largest absolute Gasteiger partial charge is 0.335 e. The van der Waals surface area contributed by atoms with Crippen LogP contribution in [0.15, 0.2) is 34.2 Å². The summed E-state index contributed by atoms with van der Waals surface area (Å²) in [7, 11) is 0. The highest BCUT2D eigenvalue weighted by Gasteiger charge is 2.24. The van der Waals surface area contributed by atoms with Crippen molar-refractivity contribution in [1.82, 2.24) is 25.3 Å². The van der Waals surface area contributed by atoms with E-state index in [-0.39, 0.29) is 11.6 Å². The van der Waals surface area contributed by atoms with Crippen molar-refractivity contribution in [2.45, 2.75) is 0 Å². The Bertz CT molecular complexity index is 773. The molecule has 0 spiro atoms. The van der Waals surface area contributed by atoms with Crippen molar-refractivity contribution in [2.24, 2.45) is 5.10 Å². The third-order valence-corrected chi connectivity index (χ3v) is 3.70. The highest BCUT2D eigenvalue weighted by atomic mass is 35.5. The fourth-order valence-electron chi connectivity index (χ4n) is 2.20. The molecule has 2 aromatic rings. The third kappa shape index (κ3) is 3.49. The van der Waals surface area contributed by atoms with E-state index in [1.54, 1.807) is 29.2 Å². The van der Waals surface area contributed by atoms with Gasteiger partial charge in [-0.1, -0.05) is 23.7 Å². The van der Waals surface area contributed by atoms with E-state index in [1.807, 2.05) is 0 Å². The smallest absolute Gasteiger partial charge is 0.320 e. The lowest BCUT2D eigenvalue weighted by atomic mass is 10.2. The summed E-state index contributed by atoms with van der Waals surface area (Å²) in [6.45, 7) is 2.52. The van der Waals surface area contributed by atoms with Gasteiger partial charge in [-0.25, -0.2) is 0 Å². The Morgan fingerprint density at radius 1 is 1.26 bits per heavy atom. The number of rotatable bonds is 3. The van der Waals surface area contributed by atoms with Crippen molar-refractivity contribution in [1.29, 1.82) is 0 Å². The summed E-state index contributed by atoms with van der Waals surface area (Å²) >= 11 is 5.80. The van der Waals surface area contributed by atoms with Crippen molar-refractivity contribution in [3.8, 4) is 0 Å². The SMILES string of the molecule is O=C(c1n[nH]n(N=Cc2ccc(Cl)cc2)c1=O)N1CCNCC1. The van der Waals surface area contributed by atoms with Crippen LogP contribution in [0.5, 0.6) is 0 Å². The van der Waals surface area contributed by atoms with Gasteiger partial charge in [-0.2, -0.15) is 10.3 Å². The second-order valence-electron chi connectivity index (χ2n) is 5.02. The number of aromatic nitrogens is 3. The number of nitrogens with one attached hydrogen (secondary N) is 2. The molecule has 0 bridgehead atoms. The zero-order chi connectivity index (χ0) is 16.2. The first-order valence-corrected chi connectivity index (χ1v) is 7.50. The molecule has 8 nitrogen and oxygen atoms in total. The number of hydrogen-bond donors (Lipinski definition) is 2. The molecule has 2 heterocycles. The lowest BCUT2D eigenvalue weighted by molar-refractivity contribution is 0.0728. The van der Waals surface area contributed by atoms with E-state index in [0.717, 1.165) is 10.4 Å². The molecule has 1 saturated heterocycles. The number of piperazine rings is 1. The topological polar surface area (TPSA) is 95.4 Å². The van der Waals surface area contributed by atoms with Gasteiger partial charge in [0.15, 0.2) is 0 Å². The van der Waals surface area contributed by atoms with Gasteiger partial charge in [0.2, 0.25) is 5.69 Å². The first-order valence-electron chi connectivity index (χ1n) is 7.12. The van der Waals surface area contributed by atoms with E-state index in [4.69, 9.17) is 11.6 Å². The Balaban J connectivity index is 1.77. The Morgan fingerprint density at radius 3 is 2.65 bits per heavy atom. The minimum absolute atomic E-state index is 0.153. The number of halogens is 1. The van der Waals surface area contributed by atoms with Crippen LogP contribution >= 0.6 is 11.6 Å². The third-order valence-electron chi connectivity index (χ3n) is 3.45. The fourth-order valence-corrected chi connectivity index (χ4v) is 2.33. The summed E-state index contributed by atoms with van der Waals surface area (Å²) in [5.41, 5.74) is 0.0461. The summed E-state index contributed by atoms with van der Waals surface area (Å²) < 4.78 is 0. The molecule has 0 atom stereocenters. The van der Waals surface area contributed by atoms with Crippen LogP contribution in [0.4, 0.5) is 0 Å². The van der Waals surface area contributed by atoms with Gasteiger partial charge < -0.3 is 10.2 Å². The number of aromatic amines is 1. The molecule has 1 fully saturated rings. The van der Waals surface area contributed by atoms with Gasteiger partial charge in [-0.15, -0.1) is 9.89 Å². The average Bonchev–Trinajstić information content (AvgIpc) is 2.95. The molecule has 1 aromatic carbocycles. The molecule has 3 rings (SSSR count). The van der Waals surface area contributed by atoms with Crippen LogP contribution in [-0.4, -0.2) is 58.3 Å². The predicted molar refractivity (Wildman–Crippen MR) is 86.1 cm³/mol. The maximum Gasteiger partial charge on any atom is 0.320 e. The maximum absolute atomic E-state index is 12.3. The van der Waals surface area contributed by atoms with Crippen LogP contribution in [0, 0.1) is 0 Å². The highest BCUT2D eigenvalue weighted by Crippen LogP contribution is 2.07. The van der Waals surface area contributed by atoms with Gasteiger partial charge in [0.25, 0.3) is 5.91 Å². The lowest BCUT2D eigenvalue weighted by Gasteiger charge is -2.26. The number of benzene rings is 1. The average molecular weight is 335 g/mol. The second-order valence-corrected chi connectivity index (χ2v) is 5.45. The number of carbonyl (C=O) groups is 1. The minimum atomic E-state index is -0.571. The Morgan fingerprint density at radius 2 is 1.96 bits per heavy atom. The highest BCUT2D eigenvalue weighted by molar-refractivity contribution is 6.30. The van der Waals surface area contributed by atoms with Crippen LogP contribution in [0.3, 0.4) is 0 Å². The first-order chi connectivity index (χ1) is 11.1. The minimum Gasteiger partial charge on any atom is -0.335 e. The maximum atomic E-state index is 12.3. The standard InChI is InChI=1S/C14H15ClN6O2/c15-11-3-1-10(2-4-11)9-17-21-14(23)12(18-19-21)13(22)20-7-5-16-6-8-20/h1-4,9,16,19H,5-8H2. The summed E-state index contributed by atoms with van der Waals surface area (Å²) in [6, 6.07) is 6.97. The van der Waals surface area contributed by atoms with Crippen LogP contribution in [0.2, 0.25) is 5.02 Å². The van der Waals surface area contributed by atoms with Crippen LogP contribution in [-0.2, 0) is 0 Å². The summed E-state index contributed by atoms with van der Waals surface area (Å²) in [5.74, 6) is -0.381. The van der Waals surface area contributed by atoms with E-state index in [0.29, 0.717) is 31.2 Å². The van der Waals surface area contributed by atoms with Gasteiger partial charge in [-0.05, 0) is 17.7 Å². The van der Waals surface area contributed by atoms with Gasteiger partial charge in [-0.3, -0.25) is 9.59 Å². The number of carbonyl (C=O) groups excluding carboxylic acids is 1. The van der Waals surface area contributed by atoms with E-state index >= 15 is 0 Å². The zero-order valence-electron chi connectivity index (χ0n) is 12.2. The first kappa shape index (κ1) is 15.4. The monoisotopic (exact) mass is 334 g/mol. The molecule has 120 valence electrons. The molecule has 23 heavy (non-hydrogen) atoms. The van der Waals surface area contributed by atoms with Gasteiger partial charge in [0.1, 0.15) is 0 Å². The van der Waals surface area contributed by atoms with Crippen LogP contribution in [0.1, 0.15) is 16.1 Å². The molecule has 0 unspecified atom stereocenters. The lowest BCUT2D eigenvalue weighted by Crippen LogP contribution is -2.47. The molecule has 0 radical (unpaired) electrons. The molecule has 1 amide bonds. The van der Waals surface area contributed by atoms with Crippen molar-refractivity contribution in [3.63, 3.8) is 0 Å². The number of nitrogens with zero attached hydrogens (tertiary/aromatic N) is 4.